The third-order valence-corrected chi connectivity index (χ3v) is 4.48. The Kier molecular flexibility index (Phi) is 4.65. The van der Waals surface area contributed by atoms with Gasteiger partial charge in [-0.2, -0.15) is 0 Å². The second kappa shape index (κ2) is 6.66. The van der Waals surface area contributed by atoms with Gasteiger partial charge in [0.25, 0.3) is 0 Å². The highest BCUT2D eigenvalue weighted by Gasteiger charge is 2.30. The molecule has 1 aromatic rings. The molecule has 2 saturated heterocycles. The predicted octanol–water partition coefficient (Wildman–Crippen LogP) is 2.20. The van der Waals surface area contributed by atoms with E-state index < -0.39 is 0 Å². The zero-order chi connectivity index (χ0) is 13.8. The lowest BCUT2D eigenvalue weighted by atomic mass is 9.84. The Hall–Kier alpha value is -0.970. The molecule has 4 heteroatoms. The molecule has 0 bridgehead atoms. The van der Waals surface area contributed by atoms with Crippen LogP contribution in [0.1, 0.15) is 24.4 Å². The SMILES string of the molecule is Fc1ccc(C(C2CCNCC2)N2CCOCC2)cc1. The van der Waals surface area contributed by atoms with Gasteiger partial charge in [-0.3, -0.25) is 4.90 Å². The second-order valence-corrected chi connectivity index (χ2v) is 5.73. The molecule has 1 atom stereocenters. The molecule has 110 valence electrons. The van der Waals surface area contributed by atoms with E-state index in [1.807, 2.05) is 12.1 Å². The number of nitrogens with one attached hydrogen (secondary N) is 1. The number of hydrogen-bond acceptors (Lipinski definition) is 3. The smallest absolute Gasteiger partial charge is 0.123 e. The molecule has 3 nitrogen and oxygen atoms in total. The van der Waals surface area contributed by atoms with Crippen molar-refractivity contribution in [3.63, 3.8) is 0 Å². The Labute approximate surface area is 120 Å². The molecule has 2 heterocycles. The highest BCUT2D eigenvalue weighted by atomic mass is 19.1. The quantitative estimate of drug-likeness (QED) is 0.917. The second-order valence-electron chi connectivity index (χ2n) is 5.73. The Balaban J connectivity index is 1.83. The number of ether oxygens (including phenoxy) is 1. The van der Waals surface area contributed by atoms with E-state index in [4.69, 9.17) is 4.74 Å². The minimum absolute atomic E-state index is 0.153. The number of piperidine rings is 1. The van der Waals surface area contributed by atoms with Gasteiger partial charge in [0, 0.05) is 19.1 Å². The molecule has 0 spiro atoms. The molecule has 0 aromatic heterocycles. The average molecular weight is 278 g/mol. The topological polar surface area (TPSA) is 24.5 Å². The van der Waals surface area contributed by atoms with Crippen LogP contribution in [0.15, 0.2) is 24.3 Å². The van der Waals surface area contributed by atoms with Crippen LogP contribution in [0, 0.1) is 11.7 Å². The molecule has 1 unspecified atom stereocenters. The molecule has 2 fully saturated rings. The van der Waals surface area contributed by atoms with Gasteiger partial charge in [-0.1, -0.05) is 12.1 Å². The number of hydrogen-bond donors (Lipinski definition) is 1. The van der Waals surface area contributed by atoms with E-state index in [2.05, 4.69) is 10.2 Å². The highest BCUT2D eigenvalue weighted by molar-refractivity contribution is 5.21. The van der Waals surface area contributed by atoms with Crippen molar-refractivity contribution in [3.8, 4) is 0 Å². The third-order valence-electron chi connectivity index (χ3n) is 4.48. The lowest BCUT2D eigenvalue weighted by Gasteiger charge is -2.41. The first-order valence-corrected chi connectivity index (χ1v) is 7.62. The monoisotopic (exact) mass is 278 g/mol. The maximum absolute atomic E-state index is 13.2. The summed E-state index contributed by atoms with van der Waals surface area (Å²) in [4.78, 5) is 2.52. The van der Waals surface area contributed by atoms with E-state index in [9.17, 15) is 4.39 Å². The van der Waals surface area contributed by atoms with Gasteiger partial charge >= 0.3 is 0 Å². The predicted molar refractivity (Wildman–Crippen MR) is 77.1 cm³/mol. The molecular weight excluding hydrogens is 255 g/mol. The van der Waals surface area contributed by atoms with E-state index in [1.54, 1.807) is 12.1 Å². The zero-order valence-corrected chi connectivity index (χ0v) is 11.9. The van der Waals surface area contributed by atoms with Crippen LogP contribution in [0.4, 0.5) is 4.39 Å². The van der Waals surface area contributed by atoms with Gasteiger partial charge in [0.15, 0.2) is 0 Å². The summed E-state index contributed by atoms with van der Waals surface area (Å²) in [6, 6.07) is 7.49. The molecule has 3 rings (SSSR count). The first kappa shape index (κ1) is 14.0. The van der Waals surface area contributed by atoms with Crippen LogP contribution in [-0.4, -0.2) is 44.3 Å². The summed E-state index contributed by atoms with van der Waals surface area (Å²) < 4.78 is 18.7. The number of rotatable bonds is 3. The van der Waals surface area contributed by atoms with Gasteiger partial charge in [0.2, 0.25) is 0 Å². The number of benzene rings is 1. The van der Waals surface area contributed by atoms with Crippen molar-refractivity contribution in [3.05, 3.63) is 35.6 Å². The van der Waals surface area contributed by atoms with Gasteiger partial charge in [-0.15, -0.1) is 0 Å². The van der Waals surface area contributed by atoms with E-state index in [0.717, 1.165) is 39.4 Å². The summed E-state index contributed by atoms with van der Waals surface area (Å²) >= 11 is 0. The molecule has 0 saturated carbocycles. The van der Waals surface area contributed by atoms with Gasteiger partial charge < -0.3 is 10.1 Å². The molecule has 2 aliphatic rings. The summed E-state index contributed by atoms with van der Waals surface area (Å²) in [5.74, 6) is 0.500. The minimum atomic E-state index is -0.153. The lowest BCUT2D eigenvalue weighted by molar-refractivity contribution is -0.00220. The Morgan fingerprint density at radius 1 is 1.10 bits per heavy atom. The van der Waals surface area contributed by atoms with Gasteiger partial charge in [-0.05, 0) is 49.5 Å². The summed E-state index contributed by atoms with van der Waals surface area (Å²) in [5, 5.41) is 3.43. The maximum Gasteiger partial charge on any atom is 0.123 e. The van der Waals surface area contributed by atoms with Crippen LogP contribution in [0.2, 0.25) is 0 Å². The first-order valence-electron chi connectivity index (χ1n) is 7.62. The van der Waals surface area contributed by atoms with Crippen LogP contribution in [0.25, 0.3) is 0 Å². The summed E-state index contributed by atoms with van der Waals surface area (Å²) in [6.07, 6.45) is 2.39. The van der Waals surface area contributed by atoms with Crippen LogP contribution in [-0.2, 0) is 4.74 Å². The largest absolute Gasteiger partial charge is 0.379 e. The number of halogens is 1. The molecule has 0 aliphatic carbocycles. The maximum atomic E-state index is 13.2. The first-order chi connectivity index (χ1) is 9.84. The summed E-state index contributed by atoms with van der Waals surface area (Å²) in [6.45, 7) is 5.75. The van der Waals surface area contributed by atoms with Crippen molar-refractivity contribution in [2.45, 2.75) is 18.9 Å². The highest BCUT2D eigenvalue weighted by Crippen LogP contribution is 2.34. The Morgan fingerprint density at radius 3 is 2.40 bits per heavy atom. The standard InChI is InChI=1S/C16H23FN2O/c17-15-3-1-13(2-4-15)16(14-5-7-18-8-6-14)19-9-11-20-12-10-19/h1-4,14,16,18H,5-12H2. The fraction of sp³-hybridized carbons (Fsp3) is 0.625. The van der Waals surface area contributed by atoms with Gasteiger partial charge in [0.05, 0.1) is 13.2 Å². The summed E-state index contributed by atoms with van der Waals surface area (Å²) in [7, 11) is 0. The zero-order valence-electron chi connectivity index (χ0n) is 11.9. The van der Waals surface area contributed by atoms with Gasteiger partial charge in [-0.25, -0.2) is 4.39 Å². The molecule has 0 amide bonds. The van der Waals surface area contributed by atoms with Crippen molar-refractivity contribution < 1.29 is 9.13 Å². The Morgan fingerprint density at radius 2 is 1.75 bits per heavy atom. The van der Waals surface area contributed by atoms with Crippen molar-refractivity contribution in [2.24, 2.45) is 5.92 Å². The van der Waals surface area contributed by atoms with E-state index in [-0.39, 0.29) is 5.82 Å². The third kappa shape index (κ3) is 3.19. The molecule has 20 heavy (non-hydrogen) atoms. The fourth-order valence-electron chi connectivity index (χ4n) is 3.46. The Bertz CT molecular complexity index is 393. The van der Waals surface area contributed by atoms with Gasteiger partial charge in [0.1, 0.15) is 5.82 Å². The number of nitrogens with zero attached hydrogens (tertiary/aromatic N) is 1. The van der Waals surface area contributed by atoms with E-state index >= 15 is 0 Å². The van der Waals surface area contributed by atoms with Crippen LogP contribution < -0.4 is 5.32 Å². The molecule has 2 aliphatic heterocycles. The molecular formula is C16H23FN2O. The fourth-order valence-corrected chi connectivity index (χ4v) is 3.46. The normalized spacial score (nSPS) is 23.6. The average Bonchev–Trinajstić information content (AvgIpc) is 2.52. The number of morpholine rings is 1. The molecule has 0 radical (unpaired) electrons. The van der Waals surface area contributed by atoms with Crippen LogP contribution in [0.5, 0.6) is 0 Å². The van der Waals surface area contributed by atoms with Crippen molar-refractivity contribution in [1.29, 1.82) is 0 Å². The summed E-state index contributed by atoms with van der Waals surface area (Å²) in [5.41, 5.74) is 1.25. The lowest BCUT2D eigenvalue weighted by Crippen LogP contribution is -2.44. The van der Waals surface area contributed by atoms with Crippen LogP contribution in [0.3, 0.4) is 0 Å². The van der Waals surface area contributed by atoms with E-state index in [0.29, 0.717) is 12.0 Å². The minimum Gasteiger partial charge on any atom is -0.379 e. The molecule has 1 aromatic carbocycles. The molecule has 1 N–H and O–H groups in total. The van der Waals surface area contributed by atoms with Crippen molar-refractivity contribution in [2.75, 3.05) is 39.4 Å². The van der Waals surface area contributed by atoms with E-state index in [1.165, 1.54) is 18.4 Å². The van der Waals surface area contributed by atoms with Crippen molar-refractivity contribution >= 4 is 0 Å². The van der Waals surface area contributed by atoms with Crippen molar-refractivity contribution in [1.82, 2.24) is 10.2 Å². The van der Waals surface area contributed by atoms with Crippen LogP contribution >= 0.6 is 0 Å².